The second-order valence-electron chi connectivity index (χ2n) is 6.56. The smallest absolute Gasteiger partial charge is 0.337 e. The zero-order valence-corrected chi connectivity index (χ0v) is 14.1. The molecule has 0 spiro atoms. The fourth-order valence-electron chi connectivity index (χ4n) is 1.60. The normalized spacial score (nSPS) is 21.4. The van der Waals surface area contributed by atoms with Crippen LogP contribution >= 0.6 is 0 Å². The molecule has 1 rings (SSSR count). The molecule has 0 aromatic heterocycles. The fraction of sp³-hybridized carbons (Fsp3) is 0.786. The van der Waals surface area contributed by atoms with Gasteiger partial charge in [0.1, 0.15) is 11.9 Å². The van der Waals surface area contributed by atoms with E-state index in [4.69, 9.17) is 13.9 Å². The maximum absolute atomic E-state index is 11.7. The Labute approximate surface area is 117 Å². The molecule has 0 aromatic rings. The molecule has 0 aromatic carbocycles. The van der Waals surface area contributed by atoms with Gasteiger partial charge in [-0.25, -0.2) is 4.79 Å². The van der Waals surface area contributed by atoms with Crippen molar-refractivity contribution in [2.24, 2.45) is 0 Å². The molecular formula is C14H26O4Si. The van der Waals surface area contributed by atoms with Gasteiger partial charge in [0.25, 0.3) is 0 Å². The van der Waals surface area contributed by atoms with Gasteiger partial charge in [-0.1, -0.05) is 20.8 Å². The number of methoxy groups -OCH3 is 1. The van der Waals surface area contributed by atoms with E-state index >= 15 is 0 Å². The molecular weight excluding hydrogens is 260 g/mol. The molecule has 1 aliphatic rings. The van der Waals surface area contributed by atoms with Crippen molar-refractivity contribution in [3.63, 3.8) is 0 Å². The number of carbonyl (C=O) groups excluding carboxylic acids is 1. The van der Waals surface area contributed by atoms with Crippen LogP contribution < -0.4 is 0 Å². The molecule has 1 heterocycles. The van der Waals surface area contributed by atoms with Gasteiger partial charge in [0, 0.05) is 6.42 Å². The third-order valence-corrected chi connectivity index (χ3v) is 8.59. The van der Waals surface area contributed by atoms with Gasteiger partial charge in [0.2, 0.25) is 0 Å². The highest BCUT2D eigenvalue weighted by molar-refractivity contribution is 6.74. The van der Waals surface area contributed by atoms with Crippen LogP contribution in [0.15, 0.2) is 11.3 Å². The van der Waals surface area contributed by atoms with Gasteiger partial charge in [-0.3, -0.25) is 0 Å². The average Bonchev–Trinajstić information content (AvgIpc) is 2.29. The summed E-state index contributed by atoms with van der Waals surface area (Å²) in [6.07, 6.45) is 0.364. The van der Waals surface area contributed by atoms with Gasteiger partial charge in [-0.2, -0.15) is 0 Å². The van der Waals surface area contributed by atoms with E-state index in [9.17, 15) is 4.79 Å². The lowest BCUT2D eigenvalue weighted by atomic mass is 10.1. The molecule has 0 bridgehead atoms. The van der Waals surface area contributed by atoms with Crippen molar-refractivity contribution in [2.75, 3.05) is 13.7 Å². The molecule has 5 heteroatoms. The topological polar surface area (TPSA) is 44.8 Å². The molecule has 0 fully saturated rings. The average molecular weight is 286 g/mol. The number of hydrogen-bond acceptors (Lipinski definition) is 4. The maximum Gasteiger partial charge on any atom is 0.337 e. The number of ether oxygens (including phenoxy) is 2. The van der Waals surface area contributed by atoms with Crippen LogP contribution in [0.4, 0.5) is 0 Å². The molecule has 19 heavy (non-hydrogen) atoms. The Hall–Kier alpha value is -0.813. The van der Waals surface area contributed by atoms with Gasteiger partial charge in [0.05, 0.1) is 19.3 Å². The van der Waals surface area contributed by atoms with E-state index in [1.807, 2.05) is 0 Å². The molecule has 0 radical (unpaired) electrons. The number of hydrogen-bond donors (Lipinski definition) is 0. The Bertz CT molecular complexity index is 379. The highest BCUT2D eigenvalue weighted by Gasteiger charge is 2.38. The second kappa shape index (κ2) is 5.67. The molecule has 0 amide bonds. The number of esters is 1. The summed E-state index contributed by atoms with van der Waals surface area (Å²) in [5.74, 6) is 0.409. The van der Waals surface area contributed by atoms with Gasteiger partial charge in [-0.15, -0.1) is 0 Å². The lowest BCUT2D eigenvalue weighted by molar-refractivity contribution is -0.148. The summed E-state index contributed by atoms with van der Waals surface area (Å²) in [6, 6.07) is 0. The first kappa shape index (κ1) is 16.2. The number of rotatable bonds is 4. The minimum Gasteiger partial charge on any atom is -0.500 e. The van der Waals surface area contributed by atoms with Gasteiger partial charge < -0.3 is 13.9 Å². The van der Waals surface area contributed by atoms with Crippen LogP contribution in [0.1, 0.15) is 34.1 Å². The lowest BCUT2D eigenvalue weighted by Gasteiger charge is -2.37. The summed E-state index contributed by atoms with van der Waals surface area (Å²) >= 11 is 0. The Kier molecular flexibility index (Phi) is 4.85. The molecule has 0 unspecified atom stereocenters. The Balaban J connectivity index is 2.64. The van der Waals surface area contributed by atoms with E-state index in [1.54, 1.807) is 14.0 Å². The molecule has 0 N–H and O–H groups in total. The van der Waals surface area contributed by atoms with E-state index < -0.39 is 8.32 Å². The largest absolute Gasteiger partial charge is 0.500 e. The fourth-order valence-corrected chi connectivity index (χ4v) is 2.64. The summed E-state index contributed by atoms with van der Waals surface area (Å²) in [4.78, 5) is 11.7. The minimum absolute atomic E-state index is 0.154. The van der Waals surface area contributed by atoms with E-state index in [2.05, 4.69) is 33.9 Å². The first-order valence-corrected chi connectivity index (χ1v) is 9.58. The maximum atomic E-state index is 11.7. The molecule has 0 saturated carbocycles. The van der Waals surface area contributed by atoms with Gasteiger partial charge >= 0.3 is 5.97 Å². The highest BCUT2D eigenvalue weighted by atomic mass is 28.4. The molecule has 1 aliphatic heterocycles. The van der Waals surface area contributed by atoms with Crippen molar-refractivity contribution < 1.29 is 18.7 Å². The van der Waals surface area contributed by atoms with Crippen LogP contribution in [0.2, 0.25) is 18.1 Å². The minimum atomic E-state index is -1.81. The van der Waals surface area contributed by atoms with Crippen LogP contribution in [0.3, 0.4) is 0 Å². The Morgan fingerprint density at radius 1 is 1.37 bits per heavy atom. The second-order valence-corrected chi connectivity index (χ2v) is 11.4. The predicted octanol–water partition coefficient (Wildman–Crippen LogP) is 3.24. The van der Waals surface area contributed by atoms with Crippen molar-refractivity contribution in [3.05, 3.63) is 11.3 Å². The first-order valence-electron chi connectivity index (χ1n) is 6.67. The first-order chi connectivity index (χ1) is 8.58. The van der Waals surface area contributed by atoms with Crippen molar-refractivity contribution in [3.8, 4) is 0 Å². The van der Waals surface area contributed by atoms with Crippen molar-refractivity contribution in [1.82, 2.24) is 0 Å². The van der Waals surface area contributed by atoms with Crippen LogP contribution in [-0.2, 0) is 18.7 Å². The summed E-state index contributed by atoms with van der Waals surface area (Å²) < 4.78 is 16.7. The molecule has 0 saturated heterocycles. The molecule has 4 nitrogen and oxygen atoms in total. The van der Waals surface area contributed by atoms with Crippen molar-refractivity contribution in [2.45, 2.75) is 58.4 Å². The van der Waals surface area contributed by atoms with E-state index in [0.717, 1.165) is 0 Å². The molecule has 1 atom stereocenters. The van der Waals surface area contributed by atoms with Crippen LogP contribution in [0.5, 0.6) is 0 Å². The third kappa shape index (κ3) is 3.83. The van der Waals surface area contributed by atoms with Crippen LogP contribution in [0, 0.1) is 0 Å². The summed E-state index contributed by atoms with van der Waals surface area (Å²) in [6.45, 7) is 13.1. The summed E-state index contributed by atoms with van der Waals surface area (Å²) in [5, 5.41) is 0.154. The number of carbonyl (C=O) groups is 1. The van der Waals surface area contributed by atoms with Crippen LogP contribution in [0.25, 0.3) is 0 Å². The highest BCUT2D eigenvalue weighted by Crippen LogP contribution is 2.37. The van der Waals surface area contributed by atoms with Gasteiger partial charge in [0.15, 0.2) is 8.32 Å². The van der Waals surface area contributed by atoms with Crippen molar-refractivity contribution >= 4 is 14.3 Å². The van der Waals surface area contributed by atoms with E-state index in [1.165, 1.54) is 0 Å². The summed E-state index contributed by atoms with van der Waals surface area (Å²) in [7, 11) is -0.222. The number of cyclic esters (lactones) is 1. The SMILES string of the molecule is COC1=C(C)C(=O)O[C@H](CO[Si](C)(C)C(C)(C)C)C1. The van der Waals surface area contributed by atoms with Crippen molar-refractivity contribution in [1.29, 1.82) is 0 Å². The Morgan fingerprint density at radius 2 is 1.95 bits per heavy atom. The quantitative estimate of drug-likeness (QED) is 0.588. The monoisotopic (exact) mass is 286 g/mol. The zero-order chi connectivity index (χ0) is 14.8. The lowest BCUT2D eigenvalue weighted by Crippen LogP contribution is -2.43. The molecule has 110 valence electrons. The zero-order valence-electron chi connectivity index (χ0n) is 13.1. The van der Waals surface area contributed by atoms with E-state index in [0.29, 0.717) is 24.4 Å². The van der Waals surface area contributed by atoms with E-state index in [-0.39, 0.29) is 17.1 Å². The molecule has 0 aliphatic carbocycles. The van der Waals surface area contributed by atoms with Gasteiger partial charge in [-0.05, 0) is 25.1 Å². The van der Waals surface area contributed by atoms with Crippen LogP contribution in [-0.4, -0.2) is 34.1 Å². The third-order valence-electron chi connectivity index (χ3n) is 4.09. The standard InChI is InChI=1S/C14H26O4Si/c1-10-12(16-5)8-11(18-13(10)15)9-17-19(6,7)14(2,3)4/h11H,8-9H2,1-7H3/t11-/m0/s1. The summed E-state index contributed by atoms with van der Waals surface area (Å²) in [5.41, 5.74) is 0.561. The predicted molar refractivity (Wildman–Crippen MR) is 77.4 cm³/mol. The Morgan fingerprint density at radius 3 is 2.42 bits per heavy atom.